The highest BCUT2D eigenvalue weighted by molar-refractivity contribution is 5.69. The van der Waals surface area contributed by atoms with Crippen LogP contribution in [0.4, 0.5) is 5.69 Å². The van der Waals surface area contributed by atoms with Crippen molar-refractivity contribution >= 4 is 11.7 Å². The fourth-order valence-corrected chi connectivity index (χ4v) is 4.07. The second kappa shape index (κ2) is 8.82. The second-order valence-corrected chi connectivity index (χ2v) is 7.52. The molecule has 1 fully saturated rings. The van der Waals surface area contributed by atoms with E-state index in [1.807, 2.05) is 72.8 Å². The van der Waals surface area contributed by atoms with Crippen molar-refractivity contribution in [3.05, 3.63) is 96.1 Å². The van der Waals surface area contributed by atoms with Crippen LogP contribution in [0.2, 0.25) is 0 Å². The SMILES string of the molecule is O=C(O)C[C@H]1C[C@@H](c2ccccc2)CN1c1ccc(OCc2ccccc2)cc1. The Hall–Kier alpha value is -3.27. The number of carbonyl (C=O) groups is 1. The van der Waals surface area contributed by atoms with Gasteiger partial charge >= 0.3 is 5.97 Å². The number of rotatable bonds is 7. The maximum absolute atomic E-state index is 11.4. The molecule has 0 aromatic heterocycles. The molecule has 148 valence electrons. The van der Waals surface area contributed by atoms with Crippen molar-refractivity contribution in [1.29, 1.82) is 0 Å². The van der Waals surface area contributed by atoms with Crippen molar-refractivity contribution in [3.8, 4) is 5.75 Å². The third-order valence-electron chi connectivity index (χ3n) is 5.51. The molecule has 4 rings (SSSR count). The van der Waals surface area contributed by atoms with E-state index in [1.54, 1.807) is 0 Å². The van der Waals surface area contributed by atoms with Crippen molar-refractivity contribution < 1.29 is 14.6 Å². The van der Waals surface area contributed by atoms with Gasteiger partial charge in [0.1, 0.15) is 12.4 Å². The lowest BCUT2D eigenvalue weighted by molar-refractivity contribution is -0.137. The molecule has 2 atom stereocenters. The van der Waals surface area contributed by atoms with Crippen LogP contribution in [0.25, 0.3) is 0 Å². The average Bonchev–Trinajstić information content (AvgIpc) is 3.17. The normalized spacial score (nSPS) is 18.6. The third kappa shape index (κ3) is 4.77. The molecule has 0 spiro atoms. The lowest BCUT2D eigenvalue weighted by Crippen LogP contribution is -2.31. The molecule has 0 aliphatic carbocycles. The molecule has 1 heterocycles. The largest absolute Gasteiger partial charge is 0.489 e. The van der Waals surface area contributed by atoms with Gasteiger partial charge in [0.25, 0.3) is 0 Å². The molecule has 0 unspecified atom stereocenters. The van der Waals surface area contributed by atoms with Crippen LogP contribution in [0.15, 0.2) is 84.9 Å². The van der Waals surface area contributed by atoms with Gasteiger partial charge in [-0.3, -0.25) is 4.79 Å². The fourth-order valence-electron chi connectivity index (χ4n) is 4.07. The first-order valence-corrected chi connectivity index (χ1v) is 9.99. The monoisotopic (exact) mass is 387 g/mol. The van der Waals surface area contributed by atoms with Crippen LogP contribution in [-0.2, 0) is 11.4 Å². The molecule has 3 aromatic carbocycles. The van der Waals surface area contributed by atoms with E-state index in [1.165, 1.54) is 5.56 Å². The number of hydrogen-bond acceptors (Lipinski definition) is 3. The lowest BCUT2D eigenvalue weighted by atomic mass is 9.95. The van der Waals surface area contributed by atoms with Gasteiger partial charge in [0.15, 0.2) is 0 Å². The van der Waals surface area contributed by atoms with E-state index in [4.69, 9.17) is 4.74 Å². The van der Waals surface area contributed by atoms with E-state index in [2.05, 4.69) is 17.0 Å². The zero-order valence-electron chi connectivity index (χ0n) is 16.3. The van der Waals surface area contributed by atoms with Crippen molar-refractivity contribution in [1.82, 2.24) is 0 Å². The van der Waals surface area contributed by atoms with Crippen LogP contribution >= 0.6 is 0 Å². The van der Waals surface area contributed by atoms with Crippen LogP contribution in [-0.4, -0.2) is 23.7 Å². The fraction of sp³-hybridized carbons (Fsp3) is 0.240. The smallest absolute Gasteiger partial charge is 0.305 e. The van der Waals surface area contributed by atoms with Gasteiger partial charge in [-0.1, -0.05) is 60.7 Å². The first-order chi connectivity index (χ1) is 14.2. The van der Waals surface area contributed by atoms with Crippen molar-refractivity contribution in [3.63, 3.8) is 0 Å². The molecule has 0 saturated carbocycles. The van der Waals surface area contributed by atoms with E-state index in [0.717, 1.165) is 30.0 Å². The predicted molar refractivity (Wildman–Crippen MR) is 114 cm³/mol. The van der Waals surface area contributed by atoms with Gasteiger partial charge in [-0.2, -0.15) is 0 Å². The summed E-state index contributed by atoms with van der Waals surface area (Å²) in [6.45, 7) is 1.35. The molecule has 1 saturated heterocycles. The van der Waals surface area contributed by atoms with E-state index in [-0.39, 0.29) is 12.5 Å². The molecule has 0 radical (unpaired) electrons. The Bertz CT molecular complexity index is 925. The lowest BCUT2D eigenvalue weighted by Gasteiger charge is -2.26. The van der Waals surface area contributed by atoms with Crippen LogP contribution in [0, 0.1) is 0 Å². The molecule has 29 heavy (non-hydrogen) atoms. The van der Waals surface area contributed by atoms with Crippen LogP contribution in [0.3, 0.4) is 0 Å². The van der Waals surface area contributed by atoms with Gasteiger partial charge in [-0.15, -0.1) is 0 Å². The number of aliphatic carboxylic acids is 1. The number of hydrogen-bond donors (Lipinski definition) is 1. The predicted octanol–water partition coefficient (Wildman–Crippen LogP) is 5.10. The highest BCUT2D eigenvalue weighted by Gasteiger charge is 2.34. The van der Waals surface area contributed by atoms with Gasteiger partial charge < -0.3 is 14.7 Å². The van der Waals surface area contributed by atoms with Gasteiger partial charge in [0.05, 0.1) is 6.42 Å². The second-order valence-electron chi connectivity index (χ2n) is 7.52. The minimum absolute atomic E-state index is 0.00575. The van der Waals surface area contributed by atoms with Gasteiger partial charge in [0.2, 0.25) is 0 Å². The minimum Gasteiger partial charge on any atom is -0.489 e. The molecule has 1 N–H and O–H groups in total. The Labute approximate surface area is 171 Å². The first-order valence-electron chi connectivity index (χ1n) is 9.99. The molecule has 0 bridgehead atoms. The number of carboxylic acid groups (broad SMARTS) is 1. The summed E-state index contributed by atoms with van der Waals surface area (Å²) >= 11 is 0. The molecule has 1 aliphatic rings. The Kier molecular flexibility index (Phi) is 5.80. The van der Waals surface area contributed by atoms with Gasteiger partial charge in [-0.25, -0.2) is 0 Å². The zero-order valence-corrected chi connectivity index (χ0v) is 16.3. The van der Waals surface area contributed by atoms with Gasteiger partial charge in [0, 0.05) is 24.2 Å². The summed E-state index contributed by atoms with van der Waals surface area (Å²) in [6, 6.07) is 28.4. The summed E-state index contributed by atoms with van der Waals surface area (Å²) in [6.07, 6.45) is 0.998. The van der Waals surface area contributed by atoms with Gasteiger partial charge in [-0.05, 0) is 41.8 Å². The maximum Gasteiger partial charge on any atom is 0.305 e. The van der Waals surface area contributed by atoms with Crippen molar-refractivity contribution in [2.45, 2.75) is 31.4 Å². The first kappa shape index (κ1) is 19.1. The summed E-state index contributed by atoms with van der Waals surface area (Å²) in [5.41, 5.74) is 3.44. The zero-order chi connectivity index (χ0) is 20.1. The summed E-state index contributed by atoms with van der Waals surface area (Å²) < 4.78 is 5.88. The Morgan fingerprint density at radius 3 is 2.24 bits per heavy atom. The molecular formula is C25H25NO3. The summed E-state index contributed by atoms with van der Waals surface area (Å²) in [5, 5.41) is 9.37. The molecule has 0 amide bonds. The Balaban J connectivity index is 1.46. The van der Waals surface area contributed by atoms with E-state index >= 15 is 0 Å². The number of carboxylic acids is 1. The summed E-state index contributed by atoms with van der Waals surface area (Å²) in [7, 11) is 0. The molecule has 4 heteroatoms. The Morgan fingerprint density at radius 2 is 1.59 bits per heavy atom. The number of ether oxygens (including phenoxy) is 1. The minimum atomic E-state index is -0.753. The molecule has 4 nitrogen and oxygen atoms in total. The maximum atomic E-state index is 11.4. The van der Waals surface area contributed by atoms with Crippen LogP contribution < -0.4 is 9.64 Å². The summed E-state index contributed by atoms with van der Waals surface area (Å²) in [4.78, 5) is 13.6. The topological polar surface area (TPSA) is 49.8 Å². The van der Waals surface area contributed by atoms with Crippen molar-refractivity contribution in [2.75, 3.05) is 11.4 Å². The Morgan fingerprint density at radius 1 is 0.931 bits per heavy atom. The quantitative estimate of drug-likeness (QED) is 0.613. The average molecular weight is 387 g/mol. The van der Waals surface area contributed by atoms with E-state index < -0.39 is 5.97 Å². The molecule has 1 aliphatic heterocycles. The molecular weight excluding hydrogens is 362 g/mol. The third-order valence-corrected chi connectivity index (χ3v) is 5.51. The van der Waals surface area contributed by atoms with E-state index in [9.17, 15) is 9.90 Å². The highest BCUT2D eigenvalue weighted by Crippen LogP contribution is 2.37. The number of anilines is 1. The van der Waals surface area contributed by atoms with Crippen molar-refractivity contribution in [2.24, 2.45) is 0 Å². The highest BCUT2D eigenvalue weighted by atomic mass is 16.5. The summed E-state index contributed by atoms with van der Waals surface area (Å²) in [5.74, 6) is 0.400. The molecule has 3 aromatic rings. The number of benzene rings is 3. The van der Waals surface area contributed by atoms with Crippen LogP contribution in [0.1, 0.15) is 29.9 Å². The van der Waals surface area contributed by atoms with Crippen LogP contribution in [0.5, 0.6) is 5.75 Å². The van der Waals surface area contributed by atoms with E-state index in [0.29, 0.717) is 12.5 Å². The standard InChI is InChI=1S/C25H25NO3/c27-25(28)16-23-15-21(20-9-5-2-6-10-20)17-26(23)22-11-13-24(14-12-22)29-18-19-7-3-1-4-8-19/h1-14,21,23H,15-18H2,(H,27,28)/t21-,23-/m1/s1. The number of nitrogens with zero attached hydrogens (tertiary/aromatic N) is 1.